The van der Waals surface area contributed by atoms with E-state index in [0.717, 1.165) is 0 Å². The lowest BCUT2D eigenvalue weighted by molar-refractivity contribution is 0.602. The fraction of sp³-hybridized carbons (Fsp3) is 0. The molecule has 1 aromatic heterocycles. The quantitative estimate of drug-likeness (QED) is 0.820. The van der Waals surface area contributed by atoms with Crippen molar-refractivity contribution in [1.29, 1.82) is 0 Å². The number of aromatic nitrogens is 2. The molecule has 0 radical (unpaired) electrons. The first kappa shape index (κ1) is 14.1. The number of anilines is 1. The molecule has 0 saturated carbocycles. The van der Waals surface area contributed by atoms with Gasteiger partial charge in [0.1, 0.15) is 5.69 Å². The minimum Gasteiger partial charge on any atom is -0.381 e. The van der Waals surface area contributed by atoms with Crippen molar-refractivity contribution in [2.75, 3.05) is 4.72 Å². The third kappa shape index (κ3) is 2.65. The van der Waals surface area contributed by atoms with Crippen LogP contribution in [0.5, 0.6) is 0 Å². The predicted octanol–water partition coefficient (Wildman–Crippen LogP) is 1.83. The zero-order valence-corrected chi connectivity index (χ0v) is 12.5. The second kappa shape index (κ2) is 4.83. The lowest BCUT2D eigenvalue weighted by atomic mass is 10.1. The third-order valence-corrected chi connectivity index (χ3v) is 4.06. The summed E-state index contributed by atoms with van der Waals surface area (Å²) in [4.78, 5) is 8.22. The fourth-order valence-corrected chi connectivity index (χ4v) is 2.91. The van der Waals surface area contributed by atoms with Crippen LogP contribution in [-0.4, -0.2) is 24.2 Å². The Bertz CT molecular complexity index is 865. The predicted molar refractivity (Wildman–Crippen MR) is 80.8 cm³/mol. The smallest absolute Gasteiger partial charge is 0.345 e. The molecule has 0 amide bonds. The van der Waals surface area contributed by atoms with E-state index in [1.54, 1.807) is 24.3 Å². The number of halogens is 2. The van der Waals surface area contributed by atoms with Crippen LogP contribution in [0.3, 0.4) is 0 Å². The molecule has 0 aliphatic carbocycles. The van der Waals surface area contributed by atoms with Crippen molar-refractivity contribution in [1.82, 2.24) is 9.97 Å². The SMILES string of the molecule is NC1=NS(=O)(=O)Nc2nc(-c3ccc(Cl)cc3)c(Cl)nc21. The van der Waals surface area contributed by atoms with Crippen LogP contribution < -0.4 is 10.5 Å². The number of nitrogens with one attached hydrogen (secondary N) is 1. The van der Waals surface area contributed by atoms with Crippen molar-refractivity contribution in [2.24, 2.45) is 10.1 Å². The average molecular weight is 344 g/mol. The van der Waals surface area contributed by atoms with E-state index in [1.807, 2.05) is 0 Å². The highest BCUT2D eigenvalue weighted by Gasteiger charge is 2.25. The van der Waals surface area contributed by atoms with Gasteiger partial charge in [-0.3, -0.25) is 0 Å². The summed E-state index contributed by atoms with van der Waals surface area (Å²) < 4.78 is 28.5. The molecule has 7 nitrogen and oxygen atoms in total. The molecular weight excluding hydrogens is 337 g/mol. The van der Waals surface area contributed by atoms with Gasteiger partial charge in [0.05, 0.1) is 0 Å². The molecule has 3 N–H and O–H groups in total. The summed E-state index contributed by atoms with van der Waals surface area (Å²) in [7, 11) is -3.92. The highest BCUT2D eigenvalue weighted by molar-refractivity contribution is 7.91. The Labute approximate surface area is 130 Å². The van der Waals surface area contributed by atoms with Crippen LogP contribution in [0.1, 0.15) is 5.69 Å². The lowest BCUT2D eigenvalue weighted by Crippen LogP contribution is -2.28. The van der Waals surface area contributed by atoms with E-state index in [9.17, 15) is 8.42 Å². The second-order valence-corrected chi connectivity index (χ2v) is 6.25. The molecule has 0 saturated heterocycles. The summed E-state index contributed by atoms with van der Waals surface area (Å²) in [6, 6.07) is 6.71. The first-order chi connectivity index (χ1) is 9.85. The largest absolute Gasteiger partial charge is 0.381 e. The first-order valence-corrected chi connectivity index (χ1v) is 7.77. The molecule has 108 valence electrons. The minimum absolute atomic E-state index is 0.0168. The van der Waals surface area contributed by atoms with Crippen molar-refractivity contribution in [2.45, 2.75) is 0 Å². The molecule has 0 spiro atoms. The molecule has 3 rings (SSSR count). The number of nitrogens with two attached hydrogens (primary N) is 1. The molecule has 0 bridgehead atoms. The number of hydrogen-bond acceptors (Lipinski definition) is 5. The summed E-state index contributed by atoms with van der Waals surface area (Å²) in [5.41, 5.74) is 6.59. The highest BCUT2D eigenvalue weighted by atomic mass is 35.5. The van der Waals surface area contributed by atoms with E-state index in [0.29, 0.717) is 16.3 Å². The number of fused-ring (bicyclic) bond motifs is 1. The average Bonchev–Trinajstić information content (AvgIpc) is 2.39. The maximum absolute atomic E-state index is 11.5. The van der Waals surface area contributed by atoms with E-state index in [1.165, 1.54) is 0 Å². The van der Waals surface area contributed by atoms with Crippen LogP contribution in [0.2, 0.25) is 10.2 Å². The summed E-state index contributed by atoms with van der Waals surface area (Å²) in [6.45, 7) is 0. The standard InChI is InChI=1S/C11H7Cl2N5O2S/c12-6-3-1-5(2-4-6)7-9(13)15-8-10(14)17-21(19,20)18-11(8)16-7/h1-4H,(H2,14,17)(H,16,18). The molecule has 2 heterocycles. The molecular formula is C11H7Cl2N5O2S. The van der Waals surface area contributed by atoms with E-state index in [4.69, 9.17) is 28.9 Å². The van der Waals surface area contributed by atoms with Crippen molar-refractivity contribution in [3.8, 4) is 11.3 Å². The molecule has 1 aliphatic rings. The molecule has 0 unspecified atom stereocenters. The molecule has 1 aromatic carbocycles. The van der Waals surface area contributed by atoms with Gasteiger partial charge in [0.15, 0.2) is 22.5 Å². The Morgan fingerprint density at radius 1 is 1.05 bits per heavy atom. The van der Waals surface area contributed by atoms with Crippen molar-refractivity contribution >= 4 is 45.1 Å². The van der Waals surface area contributed by atoms with Crippen molar-refractivity contribution in [3.63, 3.8) is 0 Å². The Hall–Kier alpha value is -1.90. The van der Waals surface area contributed by atoms with Crippen LogP contribution in [0.15, 0.2) is 28.7 Å². The zero-order valence-electron chi connectivity index (χ0n) is 10.2. The van der Waals surface area contributed by atoms with Gasteiger partial charge in [-0.05, 0) is 12.1 Å². The van der Waals surface area contributed by atoms with E-state index in [2.05, 4.69) is 19.1 Å². The maximum atomic E-state index is 11.5. The van der Waals surface area contributed by atoms with Gasteiger partial charge in [-0.1, -0.05) is 35.3 Å². The van der Waals surface area contributed by atoms with Crippen molar-refractivity contribution in [3.05, 3.63) is 40.1 Å². The van der Waals surface area contributed by atoms with Gasteiger partial charge in [-0.2, -0.15) is 8.42 Å². The Morgan fingerprint density at radius 3 is 2.38 bits per heavy atom. The Balaban J connectivity index is 2.19. The van der Waals surface area contributed by atoms with Gasteiger partial charge in [-0.15, -0.1) is 4.40 Å². The molecule has 2 aromatic rings. The van der Waals surface area contributed by atoms with E-state index < -0.39 is 10.2 Å². The summed E-state index contributed by atoms with van der Waals surface area (Å²) >= 11 is 11.9. The molecule has 1 aliphatic heterocycles. The van der Waals surface area contributed by atoms with E-state index >= 15 is 0 Å². The van der Waals surface area contributed by atoms with Crippen molar-refractivity contribution < 1.29 is 8.42 Å². The lowest BCUT2D eigenvalue weighted by Gasteiger charge is -2.15. The van der Waals surface area contributed by atoms with Crippen LogP contribution in [0.25, 0.3) is 11.3 Å². The topological polar surface area (TPSA) is 110 Å². The van der Waals surface area contributed by atoms with Crippen LogP contribution >= 0.6 is 23.2 Å². The molecule has 0 atom stereocenters. The number of benzene rings is 1. The van der Waals surface area contributed by atoms with Crippen LogP contribution in [-0.2, 0) is 10.2 Å². The van der Waals surface area contributed by atoms with Gasteiger partial charge < -0.3 is 5.73 Å². The first-order valence-electron chi connectivity index (χ1n) is 5.58. The normalized spacial score (nSPS) is 15.8. The monoisotopic (exact) mass is 343 g/mol. The number of hydrogen-bond donors (Lipinski definition) is 2. The van der Waals surface area contributed by atoms with Crippen LogP contribution in [0.4, 0.5) is 5.82 Å². The second-order valence-electron chi connectivity index (χ2n) is 4.12. The summed E-state index contributed by atoms with van der Waals surface area (Å²) in [6.07, 6.45) is 0. The Kier molecular flexibility index (Phi) is 3.23. The molecule has 10 heteroatoms. The number of amidine groups is 1. The summed E-state index contributed by atoms with van der Waals surface area (Å²) in [5.74, 6) is -0.280. The van der Waals surface area contributed by atoms with Gasteiger partial charge in [0, 0.05) is 10.6 Å². The van der Waals surface area contributed by atoms with E-state index in [-0.39, 0.29) is 22.5 Å². The van der Waals surface area contributed by atoms with Gasteiger partial charge in [-0.25, -0.2) is 14.7 Å². The van der Waals surface area contributed by atoms with Gasteiger partial charge in [0.25, 0.3) is 0 Å². The van der Waals surface area contributed by atoms with Gasteiger partial charge >= 0.3 is 10.2 Å². The van der Waals surface area contributed by atoms with Crippen LogP contribution in [0, 0.1) is 0 Å². The molecule has 0 fully saturated rings. The minimum atomic E-state index is -3.92. The Morgan fingerprint density at radius 2 is 1.71 bits per heavy atom. The number of rotatable bonds is 1. The molecule has 21 heavy (non-hydrogen) atoms. The fourth-order valence-electron chi connectivity index (χ4n) is 1.77. The third-order valence-electron chi connectivity index (χ3n) is 2.66. The van der Waals surface area contributed by atoms with Gasteiger partial charge in [0.2, 0.25) is 0 Å². The number of nitrogens with zero attached hydrogens (tertiary/aromatic N) is 3. The maximum Gasteiger partial charge on any atom is 0.345 e. The zero-order chi connectivity index (χ0) is 15.2. The highest BCUT2D eigenvalue weighted by Crippen LogP contribution is 2.30. The summed E-state index contributed by atoms with van der Waals surface area (Å²) in [5, 5.41) is 0.633.